The molecule has 1 fully saturated rings. The number of carboxylic acid groups (broad SMARTS) is 1. The Bertz CT molecular complexity index is 579. The summed E-state index contributed by atoms with van der Waals surface area (Å²) in [5, 5.41) is 8.94. The number of hydrogen-bond donors (Lipinski definition) is 1. The number of carboxylic acids is 1. The molecule has 1 aliphatic rings. The molecule has 0 aliphatic carbocycles. The number of rotatable bonds is 5. The fraction of sp³-hybridized carbons (Fsp3) is 0.562. The quantitative estimate of drug-likeness (QED) is 0.829. The molecule has 134 valence electrons. The molecule has 0 aromatic heterocycles. The van der Waals surface area contributed by atoms with E-state index in [1.807, 2.05) is 4.90 Å². The van der Waals surface area contributed by atoms with Crippen LogP contribution in [0.15, 0.2) is 18.2 Å². The first-order valence-electron chi connectivity index (χ1n) is 7.53. The van der Waals surface area contributed by atoms with Gasteiger partial charge in [-0.1, -0.05) is 0 Å². The Labute approximate surface area is 138 Å². The first-order chi connectivity index (χ1) is 11.3. The smallest absolute Gasteiger partial charge is 0.417 e. The Morgan fingerprint density at radius 3 is 2.29 bits per heavy atom. The number of aromatic carboxylic acids is 1. The van der Waals surface area contributed by atoms with Crippen LogP contribution in [0.5, 0.6) is 0 Å². The van der Waals surface area contributed by atoms with Crippen molar-refractivity contribution in [2.45, 2.75) is 25.3 Å². The van der Waals surface area contributed by atoms with E-state index in [2.05, 4.69) is 0 Å². The molecule has 0 amide bonds. The zero-order valence-corrected chi connectivity index (χ0v) is 13.5. The third kappa shape index (κ3) is 3.99. The van der Waals surface area contributed by atoms with Crippen molar-refractivity contribution in [3.63, 3.8) is 0 Å². The van der Waals surface area contributed by atoms with Gasteiger partial charge in [0.1, 0.15) is 0 Å². The molecule has 5 nitrogen and oxygen atoms in total. The molecule has 0 bridgehead atoms. The maximum absolute atomic E-state index is 13.1. The van der Waals surface area contributed by atoms with Crippen LogP contribution in [0.3, 0.4) is 0 Å². The van der Waals surface area contributed by atoms with E-state index in [0.29, 0.717) is 31.6 Å². The van der Waals surface area contributed by atoms with E-state index in [4.69, 9.17) is 14.6 Å². The van der Waals surface area contributed by atoms with E-state index in [1.165, 1.54) is 6.07 Å². The Kier molecular flexibility index (Phi) is 5.71. The lowest BCUT2D eigenvalue weighted by Crippen LogP contribution is -2.39. The molecule has 2 rings (SSSR count). The number of ether oxygens (including phenoxy) is 2. The zero-order valence-electron chi connectivity index (χ0n) is 13.5. The van der Waals surface area contributed by atoms with E-state index < -0.39 is 23.3 Å². The highest BCUT2D eigenvalue weighted by atomic mass is 19.4. The SMILES string of the molecule is COC(OC)C1CCN(c2ccc(C(=O)O)c(C(F)(F)F)c2)CC1. The number of carbonyl (C=O) groups is 1. The maximum atomic E-state index is 13.1. The number of anilines is 1. The number of methoxy groups -OCH3 is 2. The normalized spacial score (nSPS) is 16.7. The Hall–Kier alpha value is -1.80. The minimum Gasteiger partial charge on any atom is -0.478 e. The van der Waals surface area contributed by atoms with Crippen molar-refractivity contribution in [3.8, 4) is 0 Å². The molecule has 0 atom stereocenters. The third-order valence-corrected chi connectivity index (χ3v) is 4.29. The van der Waals surface area contributed by atoms with Crippen LogP contribution in [0.25, 0.3) is 0 Å². The van der Waals surface area contributed by atoms with Crippen LogP contribution in [0, 0.1) is 5.92 Å². The Balaban J connectivity index is 2.18. The van der Waals surface area contributed by atoms with Crippen LogP contribution in [0.2, 0.25) is 0 Å². The van der Waals surface area contributed by atoms with Crippen molar-refractivity contribution in [2.75, 3.05) is 32.2 Å². The van der Waals surface area contributed by atoms with Crippen LogP contribution < -0.4 is 4.90 Å². The summed E-state index contributed by atoms with van der Waals surface area (Å²) in [6.45, 7) is 1.11. The fourth-order valence-electron chi connectivity index (χ4n) is 3.06. The summed E-state index contributed by atoms with van der Waals surface area (Å²) in [5.74, 6) is -1.41. The summed E-state index contributed by atoms with van der Waals surface area (Å²) < 4.78 is 49.8. The largest absolute Gasteiger partial charge is 0.478 e. The van der Waals surface area contributed by atoms with Crippen LogP contribution in [0.4, 0.5) is 18.9 Å². The number of hydrogen-bond acceptors (Lipinski definition) is 4. The standard InChI is InChI=1S/C16H20F3NO4/c1-23-15(24-2)10-5-7-20(8-6-10)11-3-4-12(14(21)22)13(9-11)16(17,18)19/h3-4,9-10,15H,5-8H2,1-2H3,(H,21,22). The van der Waals surface area contributed by atoms with Gasteiger partial charge < -0.3 is 19.5 Å². The van der Waals surface area contributed by atoms with Crippen molar-refractivity contribution >= 4 is 11.7 Å². The van der Waals surface area contributed by atoms with Crippen molar-refractivity contribution in [3.05, 3.63) is 29.3 Å². The van der Waals surface area contributed by atoms with Crippen molar-refractivity contribution < 1.29 is 32.5 Å². The summed E-state index contributed by atoms with van der Waals surface area (Å²) in [4.78, 5) is 12.8. The predicted octanol–water partition coefficient (Wildman–Crippen LogP) is 3.24. The average molecular weight is 347 g/mol. The molecule has 8 heteroatoms. The van der Waals surface area contributed by atoms with Crippen LogP contribution in [0.1, 0.15) is 28.8 Å². The highest BCUT2D eigenvalue weighted by Crippen LogP contribution is 2.36. The number of benzene rings is 1. The van der Waals surface area contributed by atoms with E-state index >= 15 is 0 Å². The average Bonchev–Trinajstić information content (AvgIpc) is 2.55. The minimum atomic E-state index is -4.71. The van der Waals surface area contributed by atoms with Crippen LogP contribution in [-0.2, 0) is 15.7 Å². The van der Waals surface area contributed by atoms with E-state index in [-0.39, 0.29) is 12.2 Å². The maximum Gasteiger partial charge on any atom is 0.417 e. The first-order valence-corrected chi connectivity index (χ1v) is 7.53. The lowest BCUT2D eigenvalue weighted by Gasteiger charge is -2.36. The summed E-state index contributed by atoms with van der Waals surface area (Å²) in [7, 11) is 3.11. The molecule has 1 N–H and O–H groups in total. The van der Waals surface area contributed by atoms with Gasteiger partial charge in [-0.25, -0.2) is 4.79 Å². The summed E-state index contributed by atoms with van der Waals surface area (Å²) in [5.41, 5.74) is -1.49. The van der Waals surface area contributed by atoms with Gasteiger partial charge in [0.05, 0.1) is 11.1 Å². The monoisotopic (exact) mass is 347 g/mol. The molecule has 1 aromatic carbocycles. The summed E-state index contributed by atoms with van der Waals surface area (Å²) in [6, 6.07) is 3.34. The second-order valence-electron chi connectivity index (χ2n) is 5.70. The summed E-state index contributed by atoms with van der Waals surface area (Å²) >= 11 is 0. The molecule has 1 saturated heterocycles. The van der Waals surface area contributed by atoms with Gasteiger partial charge in [-0.15, -0.1) is 0 Å². The number of piperidine rings is 1. The molecule has 0 spiro atoms. The molecular weight excluding hydrogens is 327 g/mol. The molecule has 1 heterocycles. The Morgan fingerprint density at radius 1 is 1.25 bits per heavy atom. The first kappa shape index (κ1) is 18.5. The molecule has 0 radical (unpaired) electrons. The second kappa shape index (κ2) is 7.40. The van der Waals surface area contributed by atoms with Gasteiger partial charge in [0.25, 0.3) is 0 Å². The minimum absolute atomic E-state index is 0.177. The van der Waals surface area contributed by atoms with Crippen LogP contribution >= 0.6 is 0 Å². The van der Waals surface area contributed by atoms with Gasteiger partial charge in [0.15, 0.2) is 6.29 Å². The molecule has 0 saturated carbocycles. The van der Waals surface area contributed by atoms with Gasteiger partial charge in [-0.3, -0.25) is 0 Å². The lowest BCUT2D eigenvalue weighted by atomic mass is 9.95. The van der Waals surface area contributed by atoms with Crippen LogP contribution in [-0.4, -0.2) is 44.7 Å². The molecule has 1 aromatic rings. The number of halogens is 3. The topological polar surface area (TPSA) is 59.0 Å². The predicted molar refractivity (Wildman–Crippen MR) is 81.1 cm³/mol. The molecule has 1 aliphatic heterocycles. The lowest BCUT2D eigenvalue weighted by molar-refractivity contribution is -0.141. The molecule has 0 unspecified atom stereocenters. The number of nitrogens with zero attached hydrogens (tertiary/aromatic N) is 1. The summed E-state index contributed by atoms with van der Waals surface area (Å²) in [6.07, 6.45) is -3.60. The molecule has 24 heavy (non-hydrogen) atoms. The fourth-order valence-corrected chi connectivity index (χ4v) is 3.06. The molecular formula is C16H20F3NO4. The second-order valence-corrected chi connectivity index (χ2v) is 5.70. The van der Waals surface area contributed by atoms with Gasteiger partial charge in [0.2, 0.25) is 0 Å². The highest BCUT2D eigenvalue weighted by molar-refractivity contribution is 5.90. The van der Waals surface area contributed by atoms with Gasteiger partial charge in [0, 0.05) is 38.9 Å². The van der Waals surface area contributed by atoms with Crippen molar-refractivity contribution in [1.29, 1.82) is 0 Å². The zero-order chi connectivity index (χ0) is 17.9. The van der Waals surface area contributed by atoms with Gasteiger partial charge >= 0.3 is 12.1 Å². The third-order valence-electron chi connectivity index (χ3n) is 4.29. The Morgan fingerprint density at radius 2 is 1.83 bits per heavy atom. The van der Waals surface area contributed by atoms with Crippen molar-refractivity contribution in [1.82, 2.24) is 0 Å². The van der Waals surface area contributed by atoms with Gasteiger partial charge in [-0.05, 0) is 31.0 Å². The van der Waals surface area contributed by atoms with E-state index in [9.17, 15) is 18.0 Å². The number of alkyl halides is 3. The van der Waals surface area contributed by atoms with E-state index in [1.54, 1.807) is 14.2 Å². The van der Waals surface area contributed by atoms with Crippen molar-refractivity contribution in [2.24, 2.45) is 5.92 Å². The highest BCUT2D eigenvalue weighted by Gasteiger charge is 2.36. The van der Waals surface area contributed by atoms with E-state index in [0.717, 1.165) is 12.1 Å². The van der Waals surface area contributed by atoms with Gasteiger partial charge in [-0.2, -0.15) is 13.2 Å².